The van der Waals surface area contributed by atoms with Crippen molar-refractivity contribution in [2.75, 3.05) is 6.61 Å². The van der Waals surface area contributed by atoms with E-state index in [2.05, 4.69) is 5.32 Å². The third-order valence-electron chi connectivity index (χ3n) is 3.84. The number of carboxylic acids is 1. The summed E-state index contributed by atoms with van der Waals surface area (Å²) in [4.78, 5) is 22.8. The van der Waals surface area contributed by atoms with Gasteiger partial charge in [-0.05, 0) is 5.56 Å². The first-order chi connectivity index (χ1) is 9.54. The van der Waals surface area contributed by atoms with Gasteiger partial charge in [-0.2, -0.15) is 0 Å². The Labute approximate surface area is 115 Å². The zero-order valence-electron chi connectivity index (χ0n) is 10.8. The van der Waals surface area contributed by atoms with Crippen molar-refractivity contribution in [3.8, 4) is 0 Å². The van der Waals surface area contributed by atoms with Crippen molar-refractivity contribution in [2.24, 2.45) is 0 Å². The maximum absolute atomic E-state index is 11.7. The minimum atomic E-state index is -1.10. The molecule has 0 radical (unpaired) electrons. The highest BCUT2D eigenvalue weighted by Gasteiger charge is 2.67. The van der Waals surface area contributed by atoms with Crippen LogP contribution in [0.4, 0.5) is 4.79 Å². The Morgan fingerprint density at radius 2 is 2.00 bits per heavy atom. The van der Waals surface area contributed by atoms with E-state index in [4.69, 9.17) is 14.6 Å². The highest BCUT2D eigenvalue weighted by molar-refractivity contribution is 5.81. The number of carbonyl (C=O) groups excluding carboxylic acids is 1. The minimum absolute atomic E-state index is 0.188. The van der Waals surface area contributed by atoms with Crippen molar-refractivity contribution < 1.29 is 24.2 Å². The van der Waals surface area contributed by atoms with E-state index in [1.807, 2.05) is 30.3 Å². The number of benzene rings is 1. The van der Waals surface area contributed by atoms with E-state index in [1.54, 1.807) is 0 Å². The second-order valence-corrected chi connectivity index (χ2v) is 5.41. The molecule has 1 aliphatic carbocycles. The highest BCUT2D eigenvalue weighted by Crippen LogP contribution is 2.51. The van der Waals surface area contributed by atoms with Crippen molar-refractivity contribution in [2.45, 2.75) is 30.6 Å². The quantitative estimate of drug-likeness (QED) is 0.866. The third-order valence-corrected chi connectivity index (χ3v) is 3.84. The zero-order chi connectivity index (χ0) is 14.2. The Kier molecular flexibility index (Phi) is 2.90. The van der Waals surface area contributed by atoms with Crippen LogP contribution in [0.1, 0.15) is 18.4 Å². The lowest BCUT2D eigenvalue weighted by Crippen LogP contribution is -2.62. The first-order valence-electron chi connectivity index (χ1n) is 6.40. The molecular weight excluding hydrogens is 262 g/mol. The summed E-state index contributed by atoms with van der Waals surface area (Å²) in [5, 5.41) is 11.8. The largest absolute Gasteiger partial charge is 0.479 e. The fourth-order valence-electron chi connectivity index (χ4n) is 2.84. The Balaban J connectivity index is 1.50. The molecule has 0 unspecified atom stereocenters. The van der Waals surface area contributed by atoms with Gasteiger partial charge in [0.2, 0.25) is 0 Å². The van der Waals surface area contributed by atoms with E-state index in [0.29, 0.717) is 12.8 Å². The van der Waals surface area contributed by atoms with Crippen molar-refractivity contribution in [1.29, 1.82) is 0 Å². The maximum Gasteiger partial charge on any atom is 0.407 e. The molecule has 6 heteroatoms. The second-order valence-electron chi connectivity index (χ2n) is 5.41. The van der Waals surface area contributed by atoms with Crippen molar-refractivity contribution in [3.63, 3.8) is 0 Å². The number of carboxylic acid groups (broad SMARTS) is 1. The van der Waals surface area contributed by atoms with Gasteiger partial charge in [0, 0.05) is 12.8 Å². The van der Waals surface area contributed by atoms with E-state index in [0.717, 1.165) is 5.56 Å². The Bertz CT molecular complexity index is 536. The molecule has 3 aliphatic rings. The summed E-state index contributed by atoms with van der Waals surface area (Å²) in [6, 6.07) is 9.35. The van der Waals surface area contributed by atoms with E-state index < -0.39 is 23.2 Å². The first-order valence-corrected chi connectivity index (χ1v) is 6.40. The summed E-state index contributed by atoms with van der Waals surface area (Å²) in [6.45, 7) is 0.410. The average Bonchev–Trinajstić information content (AvgIpc) is 2.94. The molecule has 2 N–H and O–H groups in total. The molecule has 20 heavy (non-hydrogen) atoms. The topological polar surface area (TPSA) is 84.9 Å². The van der Waals surface area contributed by atoms with Crippen LogP contribution in [0.25, 0.3) is 0 Å². The predicted octanol–water partition coefficient (Wildman–Crippen LogP) is 1.30. The van der Waals surface area contributed by atoms with Crippen LogP contribution in [0, 0.1) is 0 Å². The van der Waals surface area contributed by atoms with Crippen molar-refractivity contribution in [1.82, 2.24) is 5.32 Å². The number of carbonyl (C=O) groups is 2. The molecule has 1 amide bonds. The van der Waals surface area contributed by atoms with Crippen LogP contribution < -0.4 is 5.32 Å². The molecule has 3 fully saturated rings. The molecule has 0 atom stereocenters. The van der Waals surface area contributed by atoms with Gasteiger partial charge in [-0.15, -0.1) is 0 Å². The van der Waals surface area contributed by atoms with E-state index in [1.165, 1.54) is 0 Å². The molecule has 0 spiro atoms. The summed E-state index contributed by atoms with van der Waals surface area (Å²) in [6.07, 6.45) is 0.0595. The van der Waals surface area contributed by atoms with Gasteiger partial charge in [0.1, 0.15) is 6.61 Å². The fourth-order valence-corrected chi connectivity index (χ4v) is 2.84. The molecule has 6 nitrogen and oxygen atoms in total. The molecule has 2 aliphatic heterocycles. The molecule has 1 aromatic rings. The van der Waals surface area contributed by atoms with Gasteiger partial charge in [0.05, 0.1) is 12.1 Å². The SMILES string of the molecule is O=C(NC12COC(C(=O)O)(C1)C2)OCc1ccccc1. The number of amides is 1. The summed E-state index contributed by atoms with van der Waals surface area (Å²) in [5.74, 6) is -0.968. The number of alkyl carbamates (subject to hydrolysis) is 1. The van der Waals surface area contributed by atoms with Crippen LogP contribution in [-0.4, -0.2) is 34.9 Å². The van der Waals surface area contributed by atoms with Crippen LogP contribution in [0.5, 0.6) is 0 Å². The summed E-state index contributed by atoms with van der Waals surface area (Å²) >= 11 is 0. The Hall–Kier alpha value is -2.08. The lowest BCUT2D eigenvalue weighted by atomic mass is 9.68. The summed E-state index contributed by atoms with van der Waals surface area (Å²) < 4.78 is 10.4. The van der Waals surface area contributed by atoms with Crippen LogP contribution in [0.2, 0.25) is 0 Å². The summed E-state index contributed by atoms with van der Waals surface area (Å²) in [7, 11) is 0. The molecule has 2 heterocycles. The number of nitrogens with one attached hydrogen (secondary N) is 1. The maximum atomic E-state index is 11.7. The molecule has 2 saturated heterocycles. The smallest absolute Gasteiger partial charge is 0.407 e. The monoisotopic (exact) mass is 277 g/mol. The standard InChI is InChI=1S/C14H15NO5/c16-11(17)14-7-13(8-14,9-20-14)15-12(18)19-6-10-4-2-1-3-5-10/h1-5H,6-9H2,(H,15,18)(H,16,17). The molecule has 0 aromatic heterocycles. The number of aliphatic carboxylic acids is 1. The van der Waals surface area contributed by atoms with Crippen molar-refractivity contribution in [3.05, 3.63) is 35.9 Å². The Morgan fingerprint density at radius 3 is 2.60 bits per heavy atom. The number of fused-ring (bicyclic) bond motifs is 1. The van der Waals surface area contributed by atoms with Gasteiger partial charge >= 0.3 is 12.1 Å². The second kappa shape index (κ2) is 4.49. The lowest BCUT2D eigenvalue weighted by molar-refractivity contribution is -0.163. The van der Waals surface area contributed by atoms with E-state index in [-0.39, 0.29) is 13.2 Å². The van der Waals surface area contributed by atoms with Crippen LogP contribution >= 0.6 is 0 Å². The third kappa shape index (κ3) is 2.12. The first kappa shape index (κ1) is 12.9. The van der Waals surface area contributed by atoms with Gasteiger partial charge in [0.15, 0.2) is 5.60 Å². The number of ether oxygens (including phenoxy) is 2. The van der Waals surface area contributed by atoms with Gasteiger partial charge < -0.3 is 19.9 Å². The lowest BCUT2D eigenvalue weighted by Gasteiger charge is -2.41. The van der Waals surface area contributed by atoms with Gasteiger partial charge in [-0.25, -0.2) is 9.59 Å². The molecule has 106 valence electrons. The van der Waals surface area contributed by atoms with Crippen LogP contribution in [-0.2, 0) is 20.9 Å². The number of rotatable bonds is 4. The van der Waals surface area contributed by atoms with Gasteiger partial charge in [0.25, 0.3) is 0 Å². The van der Waals surface area contributed by atoms with E-state index >= 15 is 0 Å². The Morgan fingerprint density at radius 1 is 1.30 bits per heavy atom. The van der Waals surface area contributed by atoms with Crippen molar-refractivity contribution >= 4 is 12.1 Å². The van der Waals surface area contributed by atoms with Gasteiger partial charge in [-0.1, -0.05) is 30.3 Å². The number of hydrogen-bond donors (Lipinski definition) is 2. The molecule has 2 bridgehead atoms. The zero-order valence-corrected chi connectivity index (χ0v) is 10.8. The number of hydrogen-bond acceptors (Lipinski definition) is 4. The average molecular weight is 277 g/mol. The van der Waals surface area contributed by atoms with E-state index in [9.17, 15) is 9.59 Å². The molecular formula is C14H15NO5. The summed E-state index contributed by atoms with van der Waals surface area (Å²) in [5.41, 5.74) is -0.782. The molecule has 1 saturated carbocycles. The molecule has 1 aromatic carbocycles. The minimum Gasteiger partial charge on any atom is -0.479 e. The molecule has 4 rings (SSSR count). The predicted molar refractivity (Wildman–Crippen MR) is 68.0 cm³/mol. The highest BCUT2D eigenvalue weighted by atomic mass is 16.6. The fraction of sp³-hybridized carbons (Fsp3) is 0.429. The van der Waals surface area contributed by atoms with Crippen LogP contribution in [0.15, 0.2) is 30.3 Å². The van der Waals surface area contributed by atoms with Gasteiger partial charge in [-0.3, -0.25) is 0 Å². The van der Waals surface area contributed by atoms with Crippen LogP contribution in [0.3, 0.4) is 0 Å². The normalized spacial score (nSPS) is 30.4.